The van der Waals surface area contributed by atoms with Gasteiger partial charge in [-0.15, -0.1) is 13.2 Å². The first kappa shape index (κ1) is 20.1. The highest BCUT2D eigenvalue weighted by Crippen LogP contribution is 2.25. The van der Waals surface area contributed by atoms with Crippen LogP contribution < -0.4 is 10.2 Å². The third-order valence-electron chi connectivity index (χ3n) is 3.99. The Morgan fingerprint density at radius 3 is 2.28 bits per heavy atom. The van der Waals surface area contributed by atoms with Crippen molar-refractivity contribution < 1.29 is 32.2 Å². The van der Waals surface area contributed by atoms with Crippen LogP contribution in [0.4, 0.5) is 13.2 Å². The van der Waals surface area contributed by atoms with Crippen LogP contribution in [0.5, 0.6) is 5.75 Å². The maximum Gasteiger partial charge on any atom is 0.573 e. The van der Waals surface area contributed by atoms with Crippen molar-refractivity contribution >= 4 is 22.7 Å². The number of fused-ring (bicyclic) bond motifs is 1. The molecule has 0 saturated heterocycles. The molecule has 3 rings (SSSR count). The first-order valence-electron chi connectivity index (χ1n) is 8.14. The topological polar surface area (TPSA) is 87.5 Å². The average molecular weight is 406 g/mol. The summed E-state index contributed by atoms with van der Waals surface area (Å²) in [6.45, 7) is 1.26. The van der Waals surface area contributed by atoms with Crippen LogP contribution in [0, 0.1) is 0 Å². The van der Waals surface area contributed by atoms with Crippen molar-refractivity contribution in [1.82, 2.24) is 9.78 Å². The van der Waals surface area contributed by atoms with E-state index < -0.39 is 35.0 Å². The molecule has 29 heavy (non-hydrogen) atoms. The van der Waals surface area contributed by atoms with Crippen molar-refractivity contribution in [3.05, 3.63) is 63.9 Å². The lowest BCUT2D eigenvalue weighted by Crippen LogP contribution is -2.24. The lowest BCUT2D eigenvalue weighted by atomic mass is 10.0. The average Bonchev–Trinajstić information content (AvgIpc) is 2.67. The van der Waals surface area contributed by atoms with Crippen LogP contribution >= 0.6 is 0 Å². The largest absolute Gasteiger partial charge is 0.573 e. The normalized spacial score (nSPS) is 11.3. The number of ketones is 1. The molecular weight excluding hydrogens is 393 g/mol. The van der Waals surface area contributed by atoms with Crippen molar-refractivity contribution in [2.45, 2.75) is 13.3 Å². The Hall–Kier alpha value is -3.69. The molecule has 0 fully saturated rings. The molecule has 0 aliphatic carbocycles. The molecule has 0 amide bonds. The van der Waals surface area contributed by atoms with Gasteiger partial charge in [0.15, 0.2) is 5.78 Å². The first-order chi connectivity index (χ1) is 13.6. The van der Waals surface area contributed by atoms with Gasteiger partial charge in [-0.1, -0.05) is 12.1 Å². The van der Waals surface area contributed by atoms with Crippen molar-refractivity contribution in [2.75, 3.05) is 7.11 Å². The Balaban J connectivity index is 2.28. The fourth-order valence-electron chi connectivity index (χ4n) is 2.78. The molecule has 150 valence electrons. The molecule has 10 heteroatoms. The van der Waals surface area contributed by atoms with Gasteiger partial charge in [-0.2, -0.15) is 5.10 Å². The molecule has 0 radical (unpaired) electrons. The SMILES string of the molecule is COC(=O)c1nn(-c2ccc(OC(F)(F)F)cc2)c2cccc(C(C)=O)c2c1=O. The number of rotatable bonds is 4. The van der Waals surface area contributed by atoms with Gasteiger partial charge in [-0.25, -0.2) is 9.48 Å². The number of hydrogen-bond donors (Lipinski definition) is 0. The van der Waals surface area contributed by atoms with E-state index in [-0.39, 0.29) is 22.2 Å². The molecule has 0 bridgehead atoms. The van der Waals surface area contributed by atoms with Crippen molar-refractivity contribution in [2.24, 2.45) is 0 Å². The standard InChI is InChI=1S/C19H13F3N2O5/c1-10(25)13-4-3-5-14-15(13)17(26)16(18(27)28-2)23-24(14)11-6-8-12(9-7-11)29-19(20,21)22/h3-9H,1-2H3. The summed E-state index contributed by atoms with van der Waals surface area (Å²) in [6, 6.07) is 9.09. The van der Waals surface area contributed by atoms with Crippen LogP contribution in [-0.4, -0.2) is 35.0 Å². The summed E-state index contributed by atoms with van der Waals surface area (Å²) in [6.07, 6.45) is -4.85. The fraction of sp³-hybridized carbons (Fsp3) is 0.158. The van der Waals surface area contributed by atoms with Crippen LogP contribution in [0.2, 0.25) is 0 Å². The number of carbonyl (C=O) groups excluding carboxylic acids is 2. The van der Waals surface area contributed by atoms with Gasteiger partial charge >= 0.3 is 12.3 Å². The van der Waals surface area contributed by atoms with Gasteiger partial charge in [0.1, 0.15) is 5.75 Å². The molecule has 0 atom stereocenters. The molecular formula is C19H13F3N2O5. The summed E-state index contributed by atoms with van der Waals surface area (Å²) < 4.78 is 46.7. The molecule has 0 aliphatic rings. The third kappa shape index (κ3) is 3.96. The number of ether oxygens (including phenoxy) is 2. The van der Waals surface area contributed by atoms with Crippen LogP contribution in [0.3, 0.4) is 0 Å². The van der Waals surface area contributed by atoms with Gasteiger partial charge in [0.2, 0.25) is 11.1 Å². The van der Waals surface area contributed by atoms with E-state index in [4.69, 9.17) is 0 Å². The monoisotopic (exact) mass is 406 g/mol. The summed E-state index contributed by atoms with van der Waals surface area (Å²) in [5.74, 6) is -1.87. The molecule has 0 saturated carbocycles. The predicted octanol–water partition coefficient (Wildman–Crippen LogP) is 3.27. The molecule has 0 unspecified atom stereocenters. The van der Waals surface area contributed by atoms with E-state index in [0.717, 1.165) is 19.2 Å². The van der Waals surface area contributed by atoms with E-state index in [9.17, 15) is 27.6 Å². The molecule has 7 nitrogen and oxygen atoms in total. The summed E-state index contributed by atoms with van der Waals surface area (Å²) >= 11 is 0. The summed E-state index contributed by atoms with van der Waals surface area (Å²) in [7, 11) is 1.07. The number of esters is 1. The summed E-state index contributed by atoms with van der Waals surface area (Å²) in [5, 5.41) is 3.95. The predicted molar refractivity (Wildman–Crippen MR) is 95.4 cm³/mol. The van der Waals surface area contributed by atoms with E-state index in [0.29, 0.717) is 0 Å². The van der Waals surface area contributed by atoms with Gasteiger partial charge in [-0.05, 0) is 37.3 Å². The van der Waals surface area contributed by atoms with Gasteiger partial charge in [-0.3, -0.25) is 9.59 Å². The zero-order valence-electron chi connectivity index (χ0n) is 15.1. The molecule has 0 N–H and O–H groups in total. The highest BCUT2D eigenvalue weighted by Gasteiger charge is 2.31. The molecule has 2 aromatic carbocycles. The number of nitrogens with zero attached hydrogens (tertiary/aromatic N) is 2. The minimum Gasteiger partial charge on any atom is -0.464 e. The molecule has 0 aliphatic heterocycles. The lowest BCUT2D eigenvalue weighted by molar-refractivity contribution is -0.274. The highest BCUT2D eigenvalue weighted by atomic mass is 19.4. The number of benzene rings is 2. The summed E-state index contributed by atoms with van der Waals surface area (Å²) in [4.78, 5) is 36.8. The van der Waals surface area contributed by atoms with E-state index >= 15 is 0 Å². The number of halogens is 3. The number of carbonyl (C=O) groups is 2. The van der Waals surface area contributed by atoms with Crippen molar-refractivity contribution in [1.29, 1.82) is 0 Å². The van der Waals surface area contributed by atoms with Gasteiger partial charge < -0.3 is 9.47 Å². The molecule has 1 aromatic heterocycles. The van der Waals surface area contributed by atoms with Gasteiger partial charge in [0.05, 0.1) is 23.7 Å². The van der Waals surface area contributed by atoms with E-state index in [2.05, 4.69) is 14.6 Å². The van der Waals surface area contributed by atoms with Gasteiger partial charge in [0, 0.05) is 5.56 Å². The zero-order chi connectivity index (χ0) is 21.3. The Morgan fingerprint density at radius 2 is 1.72 bits per heavy atom. The third-order valence-corrected chi connectivity index (χ3v) is 3.99. The smallest absolute Gasteiger partial charge is 0.464 e. The van der Waals surface area contributed by atoms with Gasteiger partial charge in [0.25, 0.3) is 0 Å². The van der Waals surface area contributed by atoms with Crippen molar-refractivity contribution in [3.63, 3.8) is 0 Å². The van der Waals surface area contributed by atoms with Crippen LogP contribution in [0.1, 0.15) is 27.8 Å². The first-order valence-corrected chi connectivity index (χ1v) is 8.14. The number of methoxy groups -OCH3 is 1. The van der Waals surface area contributed by atoms with E-state index in [1.54, 1.807) is 0 Å². The second kappa shape index (κ2) is 7.38. The number of alkyl halides is 3. The minimum atomic E-state index is -4.85. The van der Waals surface area contributed by atoms with E-state index in [1.807, 2.05) is 0 Å². The second-order valence-electron chi connectivity index (χ2n) is 5.88. The Labute approximate surface area is 161 Å². The maximum atomic E-state index is 12.8. The zero-order valence-corrected chi connectivity index (χ0v) is 15.1. The van der Waals surface area contributed by atoms with Crippen LogP contribution in [0.15, 0.2) is 47.3 Å². The Kier molecular flexibility index (Phi) is 5.10. The quantitative estimate of drug-likeness (QED) is 0.488. The van der Waals surface area contributed by atoms with Crippen molar-refractivity contribution in [3.8, 4) is 11.4 Å². The highest BCUT2D eigenvalue weighted by molar-refractivity contribution is 6.07. The second-order valence-corrected chi connectivity index (χ2v) is 5.88. The number of Topliss-reactive ketones (excluding diaryl/α,β-unsaturated/α-hetero) is 1. The Morgan fingerprint density at radius 1 is 1.07 bits per heavy atom. The maximum absolute atomic E-state index is 12.8. The Bertz CT molecular complexity index is 1170. The fourth-order valence-corrected chi connectivity index (χ4v) is 2.78. The lowest BCUT2D eigenvalue weighted by Gasteiger charge is -2.14. The number of aromatic nitrogens is 2. The van der Waals surface area contributed by atoms with Crippen LogP contribution in [-0.2, 0) is 4.74 Å². The van der Waals surface area contributed by atoms with E-state index in [1.165, 1.54) is 41.9 Å². The van der Waals surface area contributed by atoms with Crippen LogP contribution in [0.25, 0.3) is 16.6 Å². The number of hydrogen-bond acceptors (Lipinski definition) is 6. The minimum absolute atomic E-state index is 0.0500. The molecule has 0 spiro atoms. The molecule has 3 aromatic rings. The molecule has 1 heterocycles. The summed E-state index contributed by atoms with van der Waals surface area (Å²) in [5.41, 5.74) is -0.851.